The van der Waals surface area contributed by atoms with Gasteiger partial charge in [-0.25, -0.2) is 4.99 Å². The normalized spacial score (nSPS) is 20.7. The first-order chi connectivity index (χ1) is 13.7. The van der Waals surface area contributed by atoms with Crippen LogP contribution in [0.25, 0.3) is 0 Å². The third kappa shape index (κ3) is 8.36. The van der Waals surface area contributed by atoms with Crippen LogP contribution in [0.2, 0.25) is 0 Å². The molecule has 0 aromatic heterocycles. The van der Waals surface area contributed by atoms with Crippen molar-refractivity contribution in [3.05, 3.63) is 35.9 Å². The lowest BCUT2D eigenvalue weighted by atomic mass is 9.90. The molecule has 2 aliphatic rings. The van der Waals surface area contributed by atoms with Gasteiger partial charge in [0.25, 0.3) is 0 Å². The summed E-state index contributed by atoms with van der Waals surface area (Å²) >= 11 is 1.99. The standard InChI is InChI=1S/C22H34N4OS.HI/c1-2-23-22(25-20-9-6-14-28-17-20)24-16-21(27)26-12-10-19(11-13-26)15-18-7-4-3-5-8-18;/h3-5,7-8,19-20H,2,6,9-17H2,1H3,(H2,23,24,25);1H. The van der Waals surface area contributed by atoms with Crippen LogP contribution in [0.4, 0.5) is 0 Å². The average Bonchev–Trinajstić information content (AvgIpc) is 2.74. The van der Waals surface area contributed by atoms with E-state index in [0.29, 0.717) is 12.0 Å². The SMILES string of the molecule is CCNC(=NCC(=O)N1CCC(Cc2ccccc2)CC1)NC1CCCSC1.I. The number of carbonyl (C=O) groups is 1. The summed E-state index contributed by atoms with van der Waals surface area (Å²) in [6, 6.07) is 11.1. The van der Waals surface area contributed by atoms with E-state index in [1.165, 1.54) is 24.2 Å². The van der Waals surface area contributed by atoms with Crippen LogP contribution in [0.5, 0.6) is 0 Å². The van der Waals surface area contributed by atoms with E-state index in [2.05, 4.69) is 52.9 Å². The predicted molar refractivity (Wildman–Crippen MR) is 134 cm³/mol. The van der Waals surface area contributed by atoms with Crippen LogP contribution < -0.4 is 10.6 Å². The minimum Gasteiger partial charge on any atom is -0.357 e. The third-order valence-electron chi connectivity index (χ3n) is 5.55. The fourth-order valence-corrected chi connectivity index (χ4v) is 5.02. The number of aliphatic imine (C=N–C) groups is 1. The molecule has 0 bridgehead atoms. The van der Waals surface area contributed by atoms with Gasteiger partial charge < -0.3 is 15.5 Å². The van der Waals surface area contributed by atoms with E-state index < -0.39 is 0 Å². The van der Waals surface area contributed by atoms with Crippen molar-refractivity contribution in [2.24, 2.45) is 10.9 Å². The van der Waals surface area contributed by atoms with Gasteiger partial charge in [-0.2, -0.15) is 11.8 Å². The molecule has 2 aliphatic heterocycles. The maximum Gasteiger partial charge on any atom is 0.244 e. The summed E-state index contributed by atoms with van der Waals surface area (Å²) < 4.78 is 0. The van der Waals surface area contributed by atoms with Gasteiger partial charge in [0.15, 0.2) is 5.96 Å². The molecule has 2 heterocycles. The van der Waals surface area contributed by atoms with Crippen LogP contribution >= 0.6 is 35.7 Å². The van der Waals surface area contributed by atoms with Crippen molar-refractivity contribution < 1.29 is 4.79 Å². The summed E-state index contributed by atoms with van der Waals surface area (Å²) in [5.74, 6) is 3.98. The zero-order chi connectivity index (χ0) is 19.6. The molecule has 0 saturated carbocycles. The van der Waals surface area contributed by atoms with E-state index in [9.17, 15) is 4.79 Å². The van der Waals surface area contributed by atoms with Gasteiger partial charge in [0.2, 0.25) is 5.91 Å². The lowest BCUT2D eigenvalue weighted by molar-refractivity contribution is -0.130. The van der Waals surface area contributed by atoms with Gasteiger partial charge in [-0.15, -0.1) is 24.0 Å². The molecular formula is C22H35IN4OS. The van der Waals surface area contributed by atoms with Gasteiger partial charge in [0.05, 0.1) is 0 Å². The number of likely N-dealkylation sites (tertiary alicyclic amines) is 1. The quantitative estimate of drug-likeness (QED) is 0.336. The molecule has 1 aromatic rings. The Bertz CT molecular complexity index is 629. The molecule has 7 heteroatoms. The highest BCUT2D eigenvalue weighted by Gasteiger charge is 2.23. The summed E-state index contributed by atoms with van der Waals surface area (Å²) in [4.78, 5) is 19.2. The molecule has 0 spiro atoms. The summed E-state index contributed by atoms with van der Waals surface area (Å²) in [5.41, 5.74) is 1.40. The van der Waals surface area contributed by atoms with E-state index in [0.717, 1.165) is 50.6 Å². The molecule has 1 amide bonds. The Balaban J connectivity index is 0.00000300. The molecule has 1 unspecified atom stereocenters. The zero-order valence-corrected chi connectivity index (χ0v) is 20.6. The Morgan fingerprint density at radius 2 is 1.97 bits per heavy atom. The van der Waals surface area contributed by atoms with Gasteiger partial charge in [-0.1, -0.05) is 30.3 Å². The van der Waals surface area contributed by atoms with Gasteiger partial charge in [-0.05, 0) is 56.3 Å². The number of rotatable bonds is 6. The van der Waals surface area contributed by atoms with Crippen molar-refractivity contribution in [2.75, 3.05) is 37.7 Å². The number of halogens is 1. The van der Waals surface area contributed by atoms with E-state index in [1.807, 2.05) is 16.7 Å². The summed E-state index contributed by atoms with van der Waals surface area (Å²) in [5, 5.41) is 6.78. The van der Waals surface area contributed by atoms with E-state index in [1.54, 1.807) is 0 Å². The molecule has 0 radical (unpaired) electrons. The van der Waals surface area contributed by atoms with Gasteiger partial charge in [-0.3, -0.25) is 4.79 Å². The highest BCUT2D eigenvalue weighted by atomic mass is 127. The molecule has 5 nitrogen and oxygen atoms in total. The Hall–Kier alpha value is -0.960. The largest absolute Gasteiger partial charge is 0.357 e. The predicted octanol–water partition coefficient (Wildman–Crippen LogP) is 3.54. The van der Waals surface area contributed by atoms with E-state index in [4.69, 9.17) is 0 Å². The third-order valence-corrected chi connectivity index (χ3v) is 6.77. The van der Waals surface area contributed by atoms with Crippen molar-refractivity contribution in [1.82, 2.24) is 15.5 Å². The number of thioether (sulfide) groups is 1. The van der Waals surface area contributed by atoms with Crippen molar-refractivity contribution in [3.8, 4) is 0 Å². The number of benzene rings is 1. The highest BCUT2D eigenvalue weighted by molar-refractivity contribution is 14.0. The Kier molecular flexibility index (Phi) is 11.2. The number of piperidine rings is 1. The van der Waals surface area contributed by atoms with Gasteiger partial charge in [0, 0.05) is 31.4 Å². The van der Waals surface area contributed by atoms with Crippen LogP contribution in [0, 0.1) is 5.92 Å². The molecule has 1 aromatic carbocycles. The summed E-state index contributed by atoms with van der Waals surface area (Å²) in [6.07, 6.45) is 5.72. The second-order valence-corrected chi connectivity index (χ2v) is 8.92. The molecule has 29 heavy (non-hydrogen) atoms. The second kappa shape index (κ2) is 13.4. The van der Waals surface area contributed by atoms with Crippen molar-refractivity contribution in [1.29, 1.82) is 0 Å². The molecule has 0 aliphatic carbocycles. The van der Waals surface area contributed by atoms with Crippen molar-refractivity contribution >= 4 is 47.6 Å². The monoisotopic (exact) mass is 530 g/mol. The molecule has 1 atom stereocenters. The number of nitrogens with one attached hydrogen (secondary N) is 2. The fourth-order valence-electron chi connectivity index (χ4n) is 3.95. The number of hydrogen-bond donors (Lipinski definition) is 2. The molecular weight excluding hydrogens is 495 g/mol. The van der Waals surface area contributed by atoms with Gasteiger partial charge >= 0.3 is 0 Å². The first-order valence-electron chi connectivity index (χ1n) is 10.7. The zero-order valence-electron chi connectivity index (χ0n) is 17.4. The van der Waals surface area contributed by atoms with E-state index >= 15 is 0 Å². The maximum absolute atomic E-state index is 12.6. The lowest BCUT2D eigenvalue weighted by Crippen LogP contribution is -2.46. The Labute approximate surface area is 196 Å². The van der Waals surface area contributed by atoms with E-state index in [-0.39, 0.29) is 36.4 Å². The first kappa shape index (κ1) is 24.3. The number of amides is 1. The smallest absolute Gasteiger partial charge is 0.244 e. The number of guanidine groups is 1. The summed E-state index contributed by atoms with van der Waals surface area (Å²) in [7, 11) is 0. The Morgan fingerprint density at radius 1 is 1.21 bits per heavy atom. The summed E-state index contributed by atoms with van der Waals surface area (Å²) in [6.45, 7) is 4.82. The fraction of sp³-hybridized carbons (Fsp3) is 0.636. The molecule has 2 fully saturated rings. The maximum atomic E-state index is 12.6. The van der Waals surface area contributed by atoms with Crippen molar-refractivity contribution in [3.63, 3.8) is 0 Å². The first-order valence-corrected chi connectivity index (χ1v) is 11.8. The average molecular weight is 531 g/mol. The second-order valence-electron chi connectivity index (χ2n) is 7.77. The minimum atomic E-state index is 0. The van der Waals surface area contributed by atoms with Gasteiger partial charge in [0.1, 0.15) is 6.54 Å². The molecule has 162 valence electrons. The number of nitrogens with zero attached hydrogens (tertiary/aromatic N) is 2. The van der Waals surface area contributed by atoms with Crippen LogP contribution in [-0.2, 0) is 11.2 Å². The molecule has 3 rings (SSSR count). The lowest BCUT2D eigenvalue weighted by Gasteiger charge is -2.32. The highest BCUT2D eigenvalue weighted by Crippen LogP contribution is 2.21. The van der Waals surface area contributed by atoms with Crippen LogP contribution in [0.3, 0.4) is 0 Å². The number of carbonyl (C=O) groups excluding carboxylic acids is 1. The van der Waals surface area contributed by atoms with Crippen LogP contribution in [0.1, 0.15) is 38.2 Å². The Morgan fingerprint density at radius 3 is 2.62 bits per heavy atom. The minimum absolute atomic E-state index is 0. The van der Waals surface area contributed by atoms with Crippen LogP contribution in [0.15, 0.2) is 35.3 Å². The van der Waals surface area contributed by atoms with Crippen molar-refractivity contribution in [2.45, 2.75) is 45.1 Å². The number of hydrogen-bond acceptors (Lipinski definition) is 3. The molecule has 2 N–H and O–H groups in total. The van der Waals surface area contributed by atoms with Crippen LogP contribution in [-0.4, -0.2) is 60.5 Å². The topological polar surface area (TPSA) is 56.7 Å². The molecule has 2 saturated heterocycles.